The van der Waals surface area contributed by atoms with Crippen LogP contribution in [0.15, 0.2) is 61.2 Å². The highest BCUT2D eigenvalue weighted by atomic mass is 16.6. The van der Waals surface area contributed by atoms with Crippen LogP contribution in [0.1, 0.15) is 41.6 Å². The van der Waals surface area contributed by atoms with Crippen LogP contribution in [0.5, 0.6) is 0 Å². The molecule has 3 heterocycles. The molecule has 2 aliphatic rings. The number of hydrogen-bond donors (Lipinski definition) is 1. The van der Waals surface area contributed by atoms with Crippen molar-refractivity contribution in [3.63, 3.8) is 0 Å². The van der Waals surface area contributed by atoms with Gasteiger partial charge in [-0.25, -0.2) is 14.8 Å². The van der Waals surface area contributed by atoms with Crippen LogP contribution in [0.2, 0.25) is 0 Å². The average Bonchev–Trinajstić information content (AvgIpc) is 3.07. The number of pyridine rings is 1. The number of nitrogens with zero attached hydrogens (tertiary/aromatic N) is 3. The van der Waals surface area contributed by atoms with Gasteiger partial charge in [0.2, 0.25) is 11.9 Å². The molecule has 1 aliphatic carbocycles. The molecule has 0 bridgehead atoms. The molecular weight excluding hydrogens is 380 g/mol. The summed E-state index contributed by atoms with van der Waals surface area (Å²) >= 11 is 0. The summed E-state index contributed by atoms with van der Waals surface area (Å²) in [6.45, 7) is 0. The van der Waals surface area contributed by atoms with Gasteiger partial charge in [-0.3, -0.25) is 15.1 Å². The van der Waals surface area contributed by atoms with Gasteiger partial charge in [0.1, 0.15) is 5.60 Å². The fourth-order valence-corrected chi connectivity index (χ4v) is 4.34. The topological polar surface area (TPSA) is 94.1 Å². The van der Waals surface area contributed by atoms with Gasteiger partial charge in [0.15, 0.2) is 0 Å². The van der Waals surface area contributed by atoms with Crippen molar-refractivity contribution in [1.29, 1.82) is 0 Å². The maximum atomic E-state index is 12.7. The Hall–Kier alpha value is -3.61. The molecule has 1 aliphatic heterocycles. The minimum Gasteiger partial charge on any atom is -0.451 e. The van der Waals surface area contributed by atoms with Crippen LogP contribution < -0.4 is 5.32 Å². The Balaban J connectivity index is 1.23. The number of nitrogens with one attached hydrogen (secondary N) is 1. The monoisotopic (exact) mass is 400 g/mol. The summed E-state index contributed by atoms with van der Waals surface area (Å²) in [5, 5.41) is 2.82. The predicted molar refractivity (Wildman–Crippen MR) is 109 cm³/mol. The highest BCUT2D eigenvalue weighted by Crippen LogP contribution is 2.47. The second kappa shape index (κ2) is 7.33. The van der Waals surface area contributed by atoms with Crippen LogP contribution in [0.25, 0.3) is 11.1 Å². The van der Waals surface area contributed by atoms with Crippen molar-refractivity contribution < 1.29 is 14.3 Å². The summed E-state index contributed by atoms with van der Waals surface area (Å²) in [5.41, 5.74) is 2.72. The SMILES string of the molecule is O=C1O[C@]2(CC[C@H](C(=O)Nc3ncc(-c4ccccc4)cn3)CC2)c2ccncc21. The number of carbonyl (C=O) groups is 2. The summed E-state index contributed by atoms with van der Waals surface area (Å²) in [6, 6.07) is 11.7. The Bertz CT molecular complexity index is 1090. The maximum absolute atomic E-state index is 12.7. The summed E-state index contributed by atoms with van der Waals surface area (Å²) in [6.07, 6.45) is 9.13. The van der Waals surface area contributed by atoms with Crippen LogP contribution in [-0.4, -0.2) is 26.8 Å². The van der Waals surface area contributed by atoms with E-state index in [1.54, 1.807) is 24.8 Å². The number of hydrogen-bond acceptors (Lipinski definition) is 6. The second-order valence-corrected chi connectivity index (χ2v) is 7.73. The molecule has 3 aromatic rings. The molecule has 2 aromatic heterocycles. The van der Waals surface area contributed by atoms with E-state index in [9.17, 15) is 9.59 Å². The fourth-order valence-electron chi connectivity index (χ4n) is 4.34. The van der Waals surface area contributed by atoms with Gasteiger partial charge >= 0.3 is 5.97 Å². The zero-order valence-corrected chi connectivity index (χ0v) is 16.2. The Kier molecular flexibility index (Phi) is 4.50. The van der Waals surface area contributed by atoms with E-state index >= 15 is 0 Å². The minimum absolute atomic E-state index is 0.100. The minimum atomic E-state index is -0.625. The molecular formula is C23H20N4O3. The van der Waals surface area contributed by atoms with Gasteiger partial charge in [-0.1, -0.05) is 30.3 Å². The van der Waals surface area contributed by atoms with Crippen LogP contribution in [-0.2, 0) is 15.1 Å². The van der Waals surface area contributed by atoms with Crippen molar-refractivity contribution in [3.05, 3.63) is 72.3 Å². The first-order valence-corrected chi connectivity index (χ1v) is 10.0. The van der Waals surface area contributed by atoms with Crippen molar-refractivity contribution in [2.45, 2.75) is 31.3 Å². The maximum Gasteiger partial charge on any atom is 0.341 e. The van der Waals surface area contributed by atoms with E-state index in [1.807, 2.05) is 36.4 Å². The number of fused-ring (bicyclic) bond motifs is 2. The van der Waals surface area contributed by atoms with E-state index < -0.39 is 5.60 Å². The highest BCUT2D eigenvalue weighted by molar-refractivity contribution is 5.94. The Morgan fingerprint density at radius 3 is 2.47 bits per heavy atom. The predicted octanol–water partition coefficient (Wildman–Crippen LogP) is 3.73. The first-order valence-electron chi connectivity index (χ1n) is 10.0. The highest BCUT2D eigenvalue weighted by Gasteiger charge is 2.48. The number of aromatic nitrogens is 3. The van der Waals surface area contributed by atoms with E-state index in [-0.39, 0.29) is 17.8 Å². The van der Waals surface area contributed by atoms with Crippen LogP contribution in [0.3, 0.4) is 0 Å². The van der Waals surface area contributed by atoms with Crippen LogP contribution >= 0.6 is 0 Å². The number of anilines is 1. The molecule has 30 heavy (non-hydrogen) atoms. The van der Waals surface area contributed by atoms with Crippen molar-refractivity contribution in [2.24, 2.45) is 5.92 Å². The number of esters is 1. The zero-order chi connectivity index (χ0) is 20.6. The first kappa shape index (κ1) is 18.4. The van der Waals surface area contributed by atoms with Crippen molar-refractivity contribution in [1.82, 2.24) is 15.0 Å². The van der Waals surface area contributed by atoms with Gasteiger partial charge in [0.05, 0.1) is 5.56 Å². The summed E-state index contributed by atoms with van der Waals surface area (Å²) in [4.78, 5) is 37.5. The Labute approximate surface area is 173 Å². The van der Waals surface area contributed by atoms with Crippen LogP contribution in [0.4, 0.5) is 5.95 Å². The lowest BCUT2D eigenvalue weighted by atomic mass is 9.75. The van der Waals surface area contributed by atoms with Crippen LogP contribution in [0, 0.1) is 5.92 Å². The lowest BCUT2D eigenvalue weighted by molar-refractivity contribution is -0.122. The lowest BCUT2D eigenvalue weighted by Gasteiger charge is -2.35. The number of rotatable bonds is 3. The summed E-state index contributed by atoms with van der Waals surface area (Å²) < 4.78 is 5.73. The van der Waals surface area contributed by atoms with Gasteiger partial charge in [0, 0.05) is 41.8 Å². The van der Waals surface area contributed by atoms with Gasteiger partial charge in [-0.2, -0.15) is 0 Å². The van der Waals surface area contributed by atoms with Crippen molar-refractivity contribution in [2.75, 3.05) is 5.32 Å². The Morgan fingerprint density at radius 1 is 1.00 bits per heavy atom. The average molecular weight is 400 g/mol. The Morgan fingerprint density at radius 2 is 1.73 bits per heavy atom. The van der Waals surface area contributed by atoms with Gasteiger partial charge in [0.25, 0.3) is 0 Å². The number of benzene rings is 1. The van der Waals surface area contributed by atoms with E-state index in [0.717, 1.165) is 16.7 Å². The molecule has 0 unspecified atom stereocenters. The number of ether oxygens (including phenoxy) is 1. The quantitative estimate of drug-likeness (QED) is 0.673. The molecule has 1 amide bonds. The first-order chi connectivity index (χ1) is 14.6. The third kappa shape index (κ3) is 3.22. The molecule has 1 N–H and O–H groups in total. The molecule has 1 saturated carbocycles. The van der Waals surface area contributed by atoms with Crippen molar-refractivity contribution >= 4 is 17.8 Å². The molecule has 0 atom stereocenters. The van der Waals surface area contributed by atoms with Gasteiger partial charge < -0.3 is 4.74 Å². The standard InChI is InChI=1S/C23H20N4O3/c28-20(27-22-25-12-17(13-26-22)15-4-2-1-3-5-15)16-6-9-23(10-7-16)19-8-11-24-14-18(19)21(29)30-23/h1-5,8,11-14,16H,6-7,9-10H2,(H,25,26,27,28)/t16-,23-. The summed E-state index contributed by atoms with van der Waals surface area (Å²) in [7, 11) is 0. The molecule has 1 fully saturated rings. The molecule has 7 heteroatoms. The van der Waals surface area contributed by atoms with E-state index in [4.69, 9.17) is 4.74 Å². The zero-order valence-electron chi connectivity index (χ0n) is 16.2. The van der Waals surface area contributed by atoms with E-state index in [1.165, 1.54) is 0 Å². The number of carbonyl (C=O) groups excluding carboxylic acids is 2. The normalized spacial score (nSPS) is 22.4. The smallest absolute Gasteiger partial charge is 0.341 e. The molecule has 1 aromatic carbocycles. The largest absolute Gasteiger partial charge is 0.451 e. The summed E-state index contributed by atoms with van der Waals surface area (Å²) in [5.74, 6) is -0.300. The molecule has 150 valence electrons. The molecule has 5 rings (SSSR count). The number of amides is 1. The van der Waals surface area contributed by atoms with Crippen molar-refractivity contribution in [3.8, 4) is 11.1 Å². The van der Waals surface area contributed by atoms with E-state index in [2.05, 4.69) is 20.3 Å². The molecule has 0 saturated heterocycles. The third-order valence-electron chi connectivity index (χ3n) is 5.98. The van der Waals surface area contributed by atoms with Gasteiger partial charge in [-0.05, 0) is 37.3 Å². The van der Waals surface area contributed by atoms with E-state index in [0.29, 0.717) is 37.2 Å². The molecule has 1 spiro atoms. The fraction of sp³-hybridized carbons (Fsp3) is 0.261. The third-order valence-corrected chi connectivity index (χ3v) is 5.98. The second-order valence-electron chi connectivity index (χ2n) is 7.73. The lowest BCUT2D eigenvalue weighted by Crippen LogP contribution is -2.36. The molecule has 7 nitrogen and oxygen atoms in total. The van der Waals surface area contributed by atoms with Gasteiger partial charge in [-0.15, -0.1) is 0 Å². The molecule has 0 radical (unpaired) electrons.